The molecule has 0 aliphatic carbocycles. The molecule has 0 saturated carbocycles. The molecule has 0 spiro atoms. The Morgan fingerprint density at radius 3 is 2.54 bits per heavy atom. The first-order valence-corrected chi connectivity index (χ1v) is 10.00. The summed E-state index contributed by atoms with van der Waals surface area (Å²) < 4.78 is 34.7. The van der Waals surface area contributed by atoms with E-state index in [9.17, 15) is 8.42 Å². The highest BCUT2D eigenvalue weighted by atomic mass is 32.2. The first-order valence-electron chi connectivity index (χ1n) is 8.56. The van der Waals surface area contributed by atoms with E-state index in [-0.39, 0.29) is 18.0 Å². The number of aromatic nitrogens is 4. The zero-order valence-electron chi connectivity index (χ0n) is 15.1. The molecule has 9 nitrogen and oxygen atoms in total. The van der Waals surface area contributed by atoms with Crippen LogP contribution in [0.15, 0.2) is 11.1 Å². The fourth-order valence-corrected chi connectivity index (χ4v) is 5.23. The average molecular weight is 378 g/mol. The number of anilines is 1. The van der Waals surface area contributed by atoms with E-state index in [4.69, 9.17) is 4.74 Å². The second kappa shape index (κ2) is 6.29. The monoisotopic (exact) mass is 378 g/mol. The van der Waals surface area contributed by atoms with Crippen molar-refractivity contribution in [3.63, 3.8) is 0 Å². The number of morpholine rings is 1. The van der Waals surface area contributed by atoms with Crippen LogP contribution >= 0.6 is 0 Å². The van der Waals surface area contributed by atoms with Crippen molar-refractivity contribution in [3.05, 3.63) is 28.8 Å². The zero-order chi connectivity index (χ0) is 18.5. The van der Waals surface area contributed by atoms with Crippen LogP contribution in [0.1, 0.15) is 22.6 Å². The van der Waals surface area contributed by atoms with Gasteiger partial charge in [0.2, 0.25) is 16.0 Å². The molecule has 0 amide bonds. The smallest absolute Gasteiger partial charge is 0.247 e. The van der Waals surface area contributed by atoms with Crippen LogP contribution in [0.25, 0.3) is 0 Å². The van der Waals surface area contributed by atoms with Crippen molar-refractivity contribution >= 4 is 16.0 Å². The third kappa shape index (κ3) is 2.78. The molecule has 2 aromatic heterocycles. The van der Waals surface area contributed by atoms with Gasteiger partial charge in [-0.1, -0.05) is 0 Å². The highest BCUT2D eigenvalue weighted by molar-refractivity contribution is 7.89. The van der Waals surface area contributed by atoms with Crippen molar-refractivity contribution in [2.45, 2.75) is 31.8 Å². The lowest BCUT2D eigenvalue weighted by atomic mass is 10.3. The number of ether oxygens (including phenoxy) is 1. The summed E-state index contributed by atoms with van der Waals surface area (Å²) in [6.07, 6.45) is 1.74. The van der Waals surface area contributed by atoms with Gasteiger partial charge in [-0.3, -0.25) is 4.68 Å². The first kappa shape index (κ1) is 17.4. The average Bonchev–Trinajstić information content (AvgIpc) is 3.16. The van der Waals surface area contributed by atoms with Gasteiger partial charge in [0.15, 0.2) is 0 Å². The molecule has 4 heterocycles. The molecular weight excluding hydrogens is 356 g/mol. The minimum absolute atomic E-state index is 0.255. The minimum atomic E-state index is -3.64. The molecule has 2 aromatic rings. The number of nitrogens with zero attached hydrogens (tertiary/aromatic N) is 6. The van der Waals surface area contributed by atoms with Crippen molar-refractivity contribution in [1.29, 1.82) is 0 Å². The Balaban J connectivity index is 1.62. The van der Waals surface area contributed by atoms with Crippen molar-refractivity contribution in [3.8, 4) is 0 Å². The predicted octanol–water partition coefficient (Wildman–Crippen LogP) is 0.368. The van der Waals surface area contributed by atoms with Crippen LogP contribution in [0.4, 0.5) is 5.95 Å². The van der Waals surface area contributed by atoms with Gasteiger partial charge in [-0.15, -0.1) is 0 Å². The Hall–Kier alpha value is -2.04. The number of hydrogen-bond acceptors (Lipinski definition) is 7. The highest BCUT2D eigenvalue weighted by Gasteiger charge is 2.35. The van der Waals surface area contributed by atoms with E-state index in [1.165, 1.54) is 4.31 Å². The van der Waals surface area contributed by atoms with E-state index in [2.05, 4.69) is 20.0 Å². The second-order valence-electron chi connectivity index (χ2n) is 6.64. The van der Waals surface area contributed by atoms with E-state index < -0.39 is 10.0 Å². The zero-order valence-corrected chi connectivity index (χ0v) is 16.0. The Bertz CT molecular complexity index is 949. The molecule has 0 aromatic carbocycles. The number of hydrogen-bond donors (Lipinski definition) is 0. The van der Waals surface area contributed by atoms with Crippen molar-refractivity contribution in [1.82, 2.24) is 24.1 Å². The van der Waals surface area contributed by atoms with E-state index in [0.717, 1.165) is 24.3 Å². The molecule has 2 aliphatic heterocycles. The lowest BCUT2D eigenvalue weighted by Crippen LogP contribution is -2.37. The van der Waals surface area contributed by atoms with Gasteiger partial charge in [-0.25, -0.2) is 18.4 Å². The third-order valence-electron chi connectivity index (χ3n) is 4.95. The summed E-state index contributed by atoms with van der Waals surface area (Å²) >= 11 is 0. The summed E-state index contributed by atoms with van der Waals surface area (Å²) in [5.74, 6) is 0.639. The maximum Gasteiger partial charge on any atom is 0.247 e. The van der Waals surface area contributed by atoms with Gasteiger partial charge in [-0.05, 0) is 13.8 Å². The maximum absolute atomic E-state index is 13.1. The van der Waals surface area contributed by atoms with Crippen LogP contribution in [0, 0.1) is 13.8 Å². The van der Waals surface area contributed by atoms with Crippen LogP contribution in [0.3, 0.4) is 0 Å². The Morgan fingerprint density at radius 2 is 1.88 bits per heavy atom. The summed E-state index contributed by atoms with van der Waals surface area (Å²) in [5.41, 5.74) is 2.77. The van der Waals surface area contributed by atoms with Crippen LogP contribution in [0.5, 0.6) is 0 Å². The quantitative estimate of drug-likeness (QED) is 0.762. The van der Waals surface area contributed by atoms with Gasteiger partial charge in [-0.2, -0.15) is 9.40 Å². The van der Waals surface area contributed by atoms with Gasteiger partial charge in [0.25, 0.3) is 0 Å². The van der Waals surface area contributed by atoms with Crippen LogP contribution in [0.2, 0.25) is 0 Å². The molecular formula is C16H22N6O3S. The van der Waals surface area contributed by atoms with Gasteiger partial charge < -0.3 is 9.64 Å². The summed E-state index contributed by atoms with van der Waals surface area (Å²) in [6, 6.07) is 0. The lowest BCUT2D eigenvalue weighted by molar-refractivity contribution is 0.122. The Labute approximate surface area is 152 Å². The van der Waals surface area contributed by atoms with Crippen LogP contribution in [-0.2, 0) is 34.9 Å². The lowest BCUT2D eigenvalue weighted by Gasteiger charge is -2.26. The molecule has 0 N–H and O–H groups in total. The molecule has 1 saturated heterocycles. The normalized spacial score (nSPS) is 18.3. The van der Waals surface area contributed by atoms with Crippen LogP contribution < -0.4 is 4.90 Å². The fraction of sp³-hybridized carbons (Fsp3) is 0.562. The van der Waals surface area contributed by atoms with E-state index in [1.54, 1.807) is 31.8 Å². The highest BCUT2D eigenvalue weighted by Crippen LogP contribution is 2.30. The minimum Gasteiger partial charge on any atom is -0.378 e. The first-order chi connectivity index (χ1) is 12.4. The van der Waals surface area contributed by atoms with Gasteiger partial charge in [0.1, 0.15) is 4.90 Å². The van der Waals surface area contributed by atoms with Gasteiger partial charge >= 0.3 is 0 Å². The van der Waals surface area contributed by atoms with Gasteiger partial charge in [0.05, 0.1) is 36.8 Å². The molecule has 0 bridgehead atoms. The molecule has 10 heteroatoms. The van der Waals surface area contributed by atoms with Crippen molar-refractivity contribution in [2.24, 2.45) is 7.05 Å². The van der Waals surface area contributed by atoms with E-state index in [1.807, 2.05) is 0 Å². The van der Waals surface area contributed by atoms with Crippen molar-refractivity contribution < 1.29 is 13.2 Å². The summed E-state index contributed by atoms with van der Waals surface area (Å²) in [4.78, 5) is 11.4. The van der Waals surface area contributed by atoms with Gasteiger partial charge in [0, 0.05) is 38.4 Å². The van der Waals surface area contributed by atoms with E-state index >= 15 is 0 Å². The third-order valence-corrected chi connectivity index (χ3v) is 6.99. The summed E-state index contributed by atoms with van der Waals surface area (Å²) in [7, 11) is -1.89. The summed E-state index contributed by atoms with van der Waals surface area (Å²) in [6.45, 7) is 6.83. The molecule has 4 rings (SSSR count). The fourth-order valence-electron chi connectivity index (χ4n) is 3.46. The number of aryl methyl sites for hydroxylation is 2. The number of sulfonamides is 1. The summed E-state index contributed by atoms with van der Waals surface area (Å²) in [5, 5.41) is 4.24. The Morgan fingerprint density at radius 1 is 1.15 bits per heavy atom. The molecule has 0 atom stereocenters. The SMILES string of the molecule is Cc1nn(C)c(C)c1S(=O)(=O)N1Cc2cnc(N3CCOCC3)nc2C1. The topological polar surface area (TPSA) is 93.5 Å². The Kier molecular flexibility index (Phi) is 4.20. The molecule has 2 aliphatic rings. The van der Waals surface area contributed by atoms with Crippen molar-refractivity contribution in [2.75, 3.05) is 31.2 Å². The van der Waals surface area contributed by atoms with E-state index in [0.29, 0.717) is 30.5 Å². The standard InChI is InChI=1S/C16H22N6O3S/c1-11-15(12(2)20(3)19-11)26(23,24)22-9-13-8-17-16(18-14(13)10-22)21-4-6-25-7-5-21/h8H,4-7,9-10H2,1-3H3. The molecule has 140 valence electrons. The number of fused-ring (bicyclic) bond motifs is 1. The van der Waals surface area contributed by atoms with Crippen LogP contribution in [-0.4, -0.2) is 58.8 Å². The number of rotatable bonds is 3. The predicted molar refractivity (Wildman–Crippen MR) is 94.2 cm³/mol. The maximum atomic E-state index is 13.1. The molecule has 0 radical (unpaired) electrons. The molecule has 0 unspecified atom stereocenters. The molecule has 1 fully saturated rings. The second-order valence-corrected chi connectivity index (χ2v) is 8.51. The molecule has 26 heavy (non-hydrogen) atoms. The largest absolute Gasteiger partial charge is 0.378 e.